The van der Waals surface area contributed by atoms with Gasteiger partial charge < -0.3 is 0 Å². The molecule has 1 heterocycles. The third-order valence-electron chi connectivity index (χ3n) is 1.58. The summed E-state index contributed by atoms with van der Waals surface area (Å²) in [7, 11) is 0. The molecule has 0 saturated carbocycles. The predicted octanol–water partition coefficient (Wildman–Crippen LogP) is 2.05. The first-order valence-electron chi connectivity index (χ1n) is 3.86. The normalized spacial score (nSPS) is 12.1. The molecule has 1 nitrogen and oxygen atoms in total. The summed E-state index contributed by atoms with van der Waals surface area (Å²) in [5.74, 6) is 0. The number of rotatable bonds is 0. The molecule has 0 fully saturated rings. The summed E-state index contributed by atoms with van der Waals surface area (Å²) in [6, 6.07) is 0. The number of aromatic nitrogens is 1. The van der Waals surface area contributed by atoms with Crippen molar-refractivity contribution in [1.82, 2.24) is 4.98 Å². The number of hydrogen-bond acceptors (Lipinski definition) is 1. The second-order valence-corrected chi connectivity index (χ2v) is 6.42. The predicted molar refractivity (Wildman–Crippen MR) is 49.4 cm³/mol. The van der Waals surface area contributed by atoms with Crippen molar-refractivity contribution in [3.05, 3.63) is 14.7 Å². The van der Waals surface area contributed by atoms with E-state index < -0.39 is 0 Å². The summed E-state index contributed by atoms with van der Waals surface area (Å²) in [5.41, 5.74) is 1.58. The van der Waals surface area contributed by atoms with E-state index in [1.54, 1.807) is 4.44 Å². The Kier molecular flexibility index (Phi) is 2.27. The maximum atomic E-state index is 4.46. The monoisotopic (exact) mass is 217 g/mol. The third kappa shape index (κ3) is 1.94. The van der Waals surface area contributed by atoms with E-state index in [-0.39, 0.29) is 0 Å². The van der Waals surface area contributed by atoms with E-state index in [4.69, 9.17) is 0 Å². The van der Waals surface area contributed by atoms with E-state index >= 15 is 0 Å². The van der Waals surface area contributed by atoms with Crippen LogP contribution in [0, 0.1) is 13.8 Å². The molecule has 0 saturated heterocycles. The Bertz CT molecular complexity index is 255. The molecule has 0 unspecified atom stereocenters. The molecule has 1 aromatic rings. The fourth-order valence-corrected chi connectivity index (χ4v) is 3.28. The molecule has 0 aliphatic carbocycles. The Morgan fingerprint density at radius 1 is 1.18 bits per heavy atom. The fraction of sp³-hybridized carbons (Fsp3) is 0.667. The van der Waals surface area contributed by atoms with E-state index in [0.717, 1.165) is 0 Å². The van der Waals surface area contributed by atoms with Crippen molar-refractivity contribution in [2.45, 2.75) is 40.0 Å². The van der Waals surface area contributed by atoms with E-state index in [9.17, 15) is 0 Å². The van der Waals surface area contributed by atoms with Gasteiger partial charge in [-0.1, -0.05) is 0 Å². The summed E-state index contributed by atoms with van der Waals surface area (Å²) in [5, 5.41) is 0. The van der Waals surface area contributed by atoms with E-state index in [1.807, 2.05) is 0 Å². The summed E-state index contributed by atoms with van der Waals surface area (Å²) < 4.78 is 2.88. The van der Waals surface area contributed by atoms with Crippen LogP contribution in [0.3, 0.4) is 0 Å². The number of aryl methyl sites for hydroxylation is 2. The van der Waals surface area contributed by atoms with Crippen molar-refractivity contribution in [2.24, 2.45) is 0 Å². The first-order valence-corrected chi connectivity index (χ1v) is 5.57. The van der Waals surface area contributed by atoms with Gasteiger partial charge in [0.1, 0.15) is 0 Å². The van der Waals surface area contributed by atoms with Gasteiger partial charge in [0.25, 0.3) is 0 Å². The minimum atomic E-state index is 0.325. The molecule has 2 heteroatoms. The van der Waals surface area contributed by atoms with Crippen LogP contribution < -0.4 is 0 Å². The van der Waals surface area contributed by atoms with Crippen LogP contribution in [0.25, 0.3) is 0 Å². The summed E-state index contributed by atoms with van der Waals surface area (Å²) in [6.07, 6.45) is 0. The SMILES string of the molecule is Cc1nc(C)c(C(C)(C)C)[se]1. The van der Waals surface area contributed by atoms with Gasteiger partial charge in [-0.2, -0.15) is 0 Å². The van der Waals surface area contributed by atoms with Crippen LogP contribution in [0.5, 0.6) is 0 Å². The Morgan fingerprint density at radius 3 is 1.91 bits per heavy atom. The topological polar surface area (TPSA) is 12.9 Å². The average molecular weight is 216 g/mol. The Hall–Kier alpha value is -0.0705. The Labute approximate surface area is 74.6 Å². The molecule has 1 rings (SSSR count). The molecule has 0 atom stereocenters. The van der Waals surface area contributed by atoms with Gasteiger partial charge in [0.15, 0.2) is 0 Å². The molecular weight excluding hydrogens is 201 g/mol. The van der Waals surface area contributed by atoms with Crippen molar-refractivity contribution in [1.29, 1.82) is 0 Å². The van der Waals surface area contributed by atoms with Crippen molar-refractivity contribution >= 4 is 14.5 Å². The van der Waals surface area contributed by atoms with Crippen molar-refractivity contribution in [3.63, 3.8) is 0 Å². The van der Waals surface area contributed by atoms with E-state index in [0.29, 0.717) is 19.9 Å². The van der Waals surface area contributed by atoms with E-state index in [2.05, 4.69) is 39.6 Å². The van der Waals surface area contributed by atoms with Gasteiger partial charge in [-0.25, -0.2) is 0 Å². The summed E-state index contributed by atoms with van der Waals surface area (Å²) in [4.78, 5) is 4.46. The Balaban J connectivity index is 3.13. The van der Waals surface area contributed by atoms with Gasteiger partial charge >= 0.3 is 74.2 Å². The molecule has 1 aromatic heterocycles. The first-order chi connectivity index (χ1) is 4.91. The second kappa shape index (κ2) is 2.76. The third-order valence-corrected chi connectivity index (χ3v) is 4.73. The zero-order valence-corrected chi connectivity index (χ0v) is 9.57. The first kappa shape index (κ1) is 9.02. The van der Waals surface area contributed by atoms with Crippen molar-refractivity contribution in [3.8, 4) is 0 Å². The van der Waals surface area contributed by atoms with Crippen LogP contribution in [0.1, 0.15) is 35.5 Å². The van der Waals surface area contributed by atoms with Gasteiger partial charge in [-0.3, -0.25) is 0 Å². The molecule has 0 aliphatic rings. The standard InChI is InChI=1S/C9H15NSe/c1-6-8(9(3,4)5)11-7(2)10-6/h1-5H3. The second-order valence-electron chi connectivity index (χ2n) is 3.90. The molecule has 0 N–H and O–H groups in total. The van der Waals surface area contributed by atoms with Crippen molar-refractivity contribution in [2.75, 3.05) is 0 Å². The van der Waals surface area contributed by atoms with Crippen molar-refractivity contribution < 1.29 is 0 Å². The van der Waals surface area contributed by atoms with Gasteiger partial charge in [0.2, 0.25) is 0 Å². The molecule has 11 heavy (non-hydrogen) atoms. The molecule has 0 aromatic carbocycles. The van der Waals surface area contributed by atoms with E-state index in [1.165, 1.54) is 10.3 Å². The zero-order chi connectivity index (χ0) is 8.65. The quantitative estimate of drug-likeness (QED) is 0.605. The molecule has 62 valence electrons. The molecule has 0 radical (unpaired) electrons. The van der Waals surface area contributed by atoms with Gasteiger partial charge in [0, 0.05) is 0 Å². The van der Waals surface area contributed by atoms with Crippen LogP contribution in [-0.4, -0.2) is 19.5 Å². The van der Waals surface area contributed by atoms with Gasteiger partial charge in [0.05, 0.1) is 0 Å². The number of hydrogen-bond donors (Lipinski definition) is 0. The zero-order valence-electron chi connectivity index (χ0n) is 7.86. The average Bonchev–Trinajstić information content (AvgIpc) is 2.08. The maximum absolute atomic E-state index is 4.46. The summed E-state index contributed by atoms with van der Waals surface area (Å²) >= 11 is 0.530. The molecule has 0 amide bonds. The number of nitrogens with zero attached hydrogens (tertiary/aromatic N) is 1. The van der Waals surface area contributed by atoms with Crippen LogP contribution in [0.15, 0.2) is 0 Å². The van der Waals surface area contributed by atoms with Crippen LogP contribution in [0.4, 0.5) is 0 Å². The molecule has 0 bridgehead atoms. The van der Waals surface area contributed by atoms with Crippen LogP contribution >= 0.6 is 0 Å². The molecular formula is C9H15NSe. The molecule has 0 spiro atoms. The van der Waals surface area contributed by atoms with Gasteiger partial charge in [-0.05, 0) is 0 Å². The Morgan fingerprint density at radius 2 is 1.73 bits per heavy atom. The minimum absolute atomic E-state index is 0.325. The van der Waals surface area contributed by atoms with Gasteiger partial charge in [-0.15, -0.1) is 0 Å². The molecule has 0 aliphatic heterocycles. The fourth-order valence-electron chi connectivity index (χ4n) is 1.23. The summed E-state index contributed by atoms with van der Waals surface area (Å²) in [6.45, 7) is 11.0. The van der Waals surface area contributed by atoms with Crippen LogP contribution in [0.2, 0.25) is 0 Å². The van der Waals surface area contributed by atoms with Crippen LogP contribution in [-0.2, 0) is 5.41 Å².